The first-order chi connectivity index (χ1) is 21.0. The summed E-state index contributed by atoms with van der Waals surface area (Å²) in [5, 5.41) is 0. The van der Waals surface area contributed by atoms with E-state index in [1.165, 1.54) is 33.4 Å². The zero-order valence-electron chi connectivity index (χ0n) is 26.3. The van der Waals surface area contributed by atoms with Gasteiger partial charge in [-0.25, -0.2) is 0 Å². The van der Waals surface area contributed by atoms with E-state index in [0.717, 1.165) is 6.61 Å². The molecule has 4 aromatic carbocycles. The summed E-state index contributed by atoms with van der Waals surface area (Å²) in [7, 11) is -0.0860. The van der Waals surface area contributed by atoms with Gasteiger partial charge in [-0.05, 0) is 13.8 Å². The third-order valence-corrected chi connectivity index (χ3v) is 14.0. The second-order valence-corrected chi connectivity index (χ2v) is 15.3. The minimum Gasteiger partial charge on any atom is -0.425 e. The summed E-state index contributed by atoms with van der Waals surface area (Å²) < 4.78 is 6.24. The molecular formula is C40H44OSiZr. The summed E-state index contributed by atoms with van der Waals surface area (Å²) in [6.45, 7) is 15.2. The van der Waals surface area contributed by atoms with Gasteiger partial charge in [-0.3, -0.25) is 0 Å². The van der Waals surface area contributed by atoms with Gasteiger partial charge in [-0.2, -0.15) is 0 Å². The van der Waals surface area contributed by atoms with Gasteiger partial charge < -0.3 is 4.43 Å². The number of benzene rings is 4. The molecule has 6 rings (SSSR count). The van der Waals surface area contributed by atoms with Gasteiger partial charge in [0.15, 0.2) is 9.76 Å². The predicted octanol–water partition coefficient (Wildman–Crippen LogP) is 10.6. The van der Waals surface area contributed by atoms with Gasteiger partial charge in [0, 0.05) is 6.61 Å². The van der Waals surface area contributed by atoms with Crippen molar-refractivity contribution in [3.63, 3.8) is 0 Å². The standard InChI is InChI=1S/2C16H13.C5H8.C3H10OSi.Zr/c2*1-12-10-14-8-5-9-15(16(14)11-12)13-6-3-2-4-7-13;1-3-5-4-2;1-3-4-5-2;/h2*2-11H,1H3;3-5H,1H2,2H3;3,5H2,1-2H3;. The van der Waals surface area contributed by atoms with Crippen molar-refractivity contribution >= 4 is 21.9 Å². The van der Waals surface area contributed by atoms with Crippen molar-refractivity contribution in [3.05, 3.63) is 155 Å². The Balaban J connectivity index is 0.000000369. The quantitative estimate of drug-likeness (QED) is 0.142. The van der Waals surface area contributed by atoms with Crippen LogP contribution in [0.25, 0.3) is 34.4 Å². The van der Waals surface area contributed by atoms with Gasteiger partial charge in [-0.15, -0.1) is 0 Å². The monoisotopic (exact) mass is 658 g/mol. The van der Waals surface area contributed by atoms with Crippen molar-refractivity contribution in [1.29, 1.82) is 0 Å². The first-order valence-electron chi connectivity index (χ1n) is 15.3. The normalized spacial score (nSPS) is 16.4. The minimum atomic E-state index is -0.835. The molecule has 3 heteroatoms. The Labute approximate surface area is 273 Å². The number of allylic oxidation sites excluding steroid dienone is 5. The van der Waals surface area contributed by atoms with E-state index in [2.05, 4.69) is 136 Å². The van der Waals surface area contributed by atoms with E-state index in [4.69, 9.17) is 4.43 Å². The van der Waals surface area contributed by atoms with E-state index in [1.54, 1.807) is 28.3 Å². The molecule has 0 aromatic heterocycles. The van der Waals surface area contributed by atoms with E-state index in [0.29, 0.717) is 7.25 Å². The molecule has 0 fully saturated rings. The Morgan fingerprint density at radius 1 is 0.721 bits per heavy atom. The predicted molar refractivity (Wildman–Crippen MR) is 188 cm³/mol. The molecule has 1 nitrogen and oxygen atoms in total. The van der Waals surface area contributed by atoms with Crippen molar-refractivity contribution in [2.45, 2.75) is 41.5 Å². The average Bonchev–Trinajstić information content (AvgIpc) is 3.54. The Morgan fingerprint density at radius 2 is 1.19 bits per heavy atom. The van der Waals surface area contributed by atoms with Gasteiger partial charge in [-0.1, -0.05) is 31.4 Å². The van der Waals surface area contributed by atoms with Crippen LogP contribution < -0.4 is 0 Å². The Hall–Kier alpha value is -3.10. The molecule has 0 saturated heterocycles. The van der Waals surface area contributed by atoms with Crippen LogP contribution in [-0.2, 0) is 27.7 Å². The van der Waals surface area contributed by atoms with Crippen LogP contribution >= 0.6 is 0 Å². The van der Waals surface area contributed by atoms with Gasteiger partial charge >= 0.3 is 209 Å². The van der Waals surface area contributed by atoms with Crippen molar-refractivity contribution < 1.29 is 27.7 Å². The van der Waals surface area contributed by atoms with Gasteiger partial charge in [0.1, 0.15) is 0 Å². The van der Waals surface area contributed by atoms with E-state index in [1.807, 2.05) is 26.0 Å². The van der Waals surface area contributed by atoms with Crippen LogP contribution in [0.1, 0.15) is 57.2 Å². The molecule has 2 atom stereocenters. The van der Waals surface area contributed by atoms with E-state index >= 15 is 0 Å². The molecule has 0 saturated carbocycles. The van der Waals surface area contributed by atoms with E-state index in [9.17, 15) is 0 Å². The Kier molecular flexibility index (Phi) is 12.7. The van der Waals surface area contributed by atoms with Crippen LogP contribution in [0, 0.1) is 0 Å². The van der Waals surface area contributed by atoms with Gasteiger partial charge in [0.05, 0.1) is 0 Å². The van der Waals surface area contributed by atoms with Crippen LogP contribution in [0.15, 0.2) is 133 Å². The second-order valence-electron chi connectivity index (χ2n) is 10.7. The van der Waals surface area contributed by atoms with Crippen LogP contribution in [0.4, 0.5) is 0 Å². The molecule has 2 unspecified atom stereocenters. The molecule has 0 spiro atoms. The maximum absolute atomic E-state index is 4.97. The van der Waals surface area contributed by atoms with E-state index < -0.39 is 23.2 Å². The fraction of sp³-hybridized carbons (Fsp3) is 0.200. The number of hydrogen-bond acceptors (Lipinski definition) is 1. The molecule has 0 radical (unpaired) electrons. The van der Waals surface area contributed by atoms with Crippen molar-refractivity contribution in [2.75, 3.05) is 6.61 Å². The minimum absolute atomic E-state index is 0.0860. The van der Waals surface area contributed by atoms with Crippen LogP contribution in [0.5, 0.6) is 0 Å². The van der Waals surface area contributed by atoms with Crippen LogP contribution in [0.3, 0.4) is 0 Å². The Bertz CT molecular complexity index is 1470. The first kappa shape index (κ1) is 32.8. The maximum atomic E-state index is 4.97. The summed E-state index contributed by atoms with van der Waals surface area (Å²) in [5.41, 5.74) is 14.5. The molecule has 2 aliphatic rings. The smallest absolute Gasteiger partial charge is 0.158 e. The zero-order valence-corrected chi connectivity index (χ0v) is 30.2. The fourth-order valence-corrected chi connectivity index (χ4v) is 10.8. The molecule has 4 aromatic rings. The molecule has 0 amide bonds. The number of hydrogen-bond donors (Lipinski definition) is 0. The second kappa shape index (κ2) is 16.7. The van der Waals surface area contributed by atoms with Gasteiger partial charge in [0.25, 0.3) is 0 Å². The molecule has 0 bridgehead atoms. The molecule has 0 heterocycles. The summed E-state index contributed by atoms with van der Waals surface area (Å²) >= 11 is -0.835. The largest absolute Gasteiger partial charge is 0.425 e. The molecule has 0 N–H and O–H groups in total. The third-order valence-electron chi connectivity index (χ3n) is 7.80. The summed E-state index contributed by atoms with van der Waals surface area (Å²) in [6.07, 6.45) is 10.5. The summed E-state index contributed by atoms with van der Waals surface area (Å²) in [4.78, 5) is 0. The summed E-state index contributed by atoms with van der Waals surface area (Å²) in [6, 6.07) is 35.6. The average molecular weight is 660 g/mol. The third kappa shape index (κ3) is 8.09. The Morgan fingerprint density at radius 3 is 1.51 bits per heavy atom. The fourth-order valence-electron chi connectivity index (χ4n) is 5.79. The van der Waals surface area contributed by atoms with Crippen LogP contribution in [-0.4, -0.2) is 16.4 Å². The van der Waals surface area contributed by atoms with Crippen LogP contribution in [0.2, 0.25) is 6.55 Å². The first-order valence-corrected chi connectivity index (χ1v) is 20.2. The molecular weight excluding hydrogens is 616 g/mol. The van der Waals surface area contributed by atoms with Gasteiger partial charge in [0.2, 0.25) is 0 Å². The molecule has 0 aliphatic heterocycles. The molecule has 218 valence electrons. The topological polar surface area (TPSA) is 9.23 Å². The zero-order chi connectivity index (χ0) is 30.6. The van der Waals surface area contributed by atoms with E-state index in [-0.39, 0.29) is 9.76 Å². The number of rotatable bonds is 7. The number of fused-ring (bicyclic) bond motifs is 2. The SMILES string of the molecule is C=CC=CC.CC1=Cc2c(-c3ccccc3)cccc2[CH]1[Zr][CH]1C(C)=Cc2c(-c3ccccc3)cccc21.CCO[SiH2]C. The van der Waals surface area contributed by atoms with Crippen molar-refractivity contribution in [1.82, 2.24) is 0 Å². The molecule has 2 aliphatic carbocycles. The van der Waals surface area contributed by atoms with Crippen molar-refractivity contribution in [3.8, 4) is 22.3 Å². The maximum Gasteiger partial charge on any atom is 0.158 e. The summed E-state index contributed by atoms with van der Waals surface area (Å²) in [5.74, 6) is 0. The van der Waals surface area contributed by atoms with Crippen molar-refractivity contribution in [2.24, 2.45) is 0 Å². The molecule has 43 heavy (non-hydrogen) atoms.